The van der Waals surface area contributed by atoms with E-state index in [1.54, 1.807) is 0 Å². The van der Waals surface area contributed by atoms with E-state index in [0.717, 1.165) is 11.3 Å². The summed E-state index contributed by atoms with van der Waals surface area (Å²) >= 11 is 1.35. The van der Waals surface area contributed by atoms with Crippen molar-refractivity contribution in [2.75, 3.05) is 11.5 Å². The lowest BCUT2D eigenvalue weighted by Gasteiger charge is -2.11. The standard InChI is InChI=1S/C11H15NOS/c1-3-14-11(13)8(2)9-6-4-5-7-10(9)12/h4-8H,3,12H2,1-2H3. The third-order valence-electron chi connectivity index (χ3n) is 2.10. The molecule has 2 nitrogen and oxygen atoms in total. The Bertz CT molecular complexity index is 325. The largest absolute Gasteiger partial charge is 0.398 e. The molecule has 0 heterocycles. The predicted octanol–water partition coefficient (Wildman–Crippen LogP) is 2.65. The molecule has 0 radical (unpaired) electrons. The average Bonchev–Trinajstić information content (AvgIpc) is 2.18. The molecule has 2 N–H and O–H groups in total. The molecule has 0 aliphatic carbocycles. The highest BCUT2D eigenvalue weighted by atomic mass is 32.2. The quantitative estimate of drug-likeness (QED) is 0.778. The fourth-order valence-electron chi connectivity index (χ4n) is 1.30. The summed E-state index contributed by atoms with van der Waals surface area (Å²) in [5, 5.41) is 0.186. The number of anilines is 1. The molecule has 1 aromatic rings. The number of para-hydroxylation sites is 1. The first-order chi connectivity index (χ1) is 6.66. The number of hydrogen-bond acceptors (Lipinski definition) is 3. The number of rotatable bonds is 3. The summed E-state index contributed by atoms with van der Waals surface area (Å²) in [6.07, 6.45) is 0. The molecule has 1 atom stereocenters. The zero-order valence-corrected chi connectivity index (χ0v) is 9.30. The molecule has 1 aromatic carbocycles. The first kappa shape index (κ1) is 11.1. The summed E-state index contributed by atoms with van der Waals surface area (Å²) in [7, 11) is 0. The van der Waals surface area contributed by atoms with Crippen LogP contribution in [-0.2, 0) is 4.79 Å². The van der Waals surface area contributed by atoms with Gasteiger partial charge in [-0.2, -0.15) is 0 Å². The lowest BCUT2D eigenvalue weighted by molar-refractivity contribution is -0.111. The summed E-state index contributed by atoms with van der Waals surface area (Å²) in [4.78, 5) is 11.6. The molecule has 1 rings (SSSR count). The number of benzene rings is 1. The summed E-state index contributed by atoms with van der Waals surface area (Å²) in [5.41, 5.74) is 7.42. The van der Waals surface area contributed by atoms with Crippen LogP contribution in [0, 0.1) is 0 Å². The van der Waals surface area contributed by atoms with Gasteiger partial charge in [0.2, 0.25) is 0 Å². The van der Waals surface area contributed by atoms with Crippen LogP contribution in [0.3, 0.4) is 0 Å². The molecule has 0 saturated heterocycles. The van der Waals surface area contributed by atoms with Crippen LogP contribution in [0.15, 0.2) is 24.3 Å². The van der Waals surface area contributed by atoms with Crippen molar-refractivity contribution < 1.29 is 4.79 Å². The van der Waals surface area contributed by atoms with Crippen LogP contribution in [0.5, 0.6) is 0 Å². The minimum Gasteiger partial charge on any atom is -0.398 e. The lowest BCUT2D eigenvalue weighted by atomic mass is 10.0. The van der Waals surface area contributed by atoms with Crippen molar-refractivity contribution in [2.45, 2.75) is 19.8 Å². The first-order valence-corrected chi connectivity index (χ1v) is 5.66. The van der Waals surface area contributed by atoms with Gasteiger partial charge in [-0.15, -0.1) is 0 Å². The second-order valence-corrected chi connectivity index (χ2v) is 4.37. The summed E-state index contributed by atoms with van der Waals surface area (Å²) < 4.78 is 0. The van der Waals surface area contributed by atoms with Gasteiger partial charge in [-0.25, -0.2) is 0 Å². The maximum atomic E-state index is 11.6. The SMILES string of the molecule is CCSC(=O)C(C)c1ccccc1N. The Balaban J connectivity index is 2.84. The van der Waals surface area contributed by atoms with Gasteiger partial charge in [0.05, 0.1) is 5.92 Å². The van der Waals surface area contributed by atoms with E-state index in [9.17, 15) is 4.79 Å². The normalized spacial score (nSPS) is 12.4. The molecule has 0 aliphatic rings. The van der Waals surface area contributed by atoms with Crippen LogP contribution in [0.2, 0.25) is 0 Å². The molecule has 1 unspecified atom stereocenters. The summed E-state index contributed by atoms with van der Waals surface area (Å²) in [6, 6.07) is 7.53. The van der Waals surface area contributed by atoms with Crippen molar-refractivity contribution in [3.8, 4) is 0 Å². The second kappa shape index (κ2) is 5.05. The molecular weight excluding hydrogens is 194 g/mol. The zero-order valence-electron chi connectivity index (χ0n) is 8.49. The van der Waals surface area contributed by atoms with E-state index in [1.807, 2.05) is 38.1 Å². The van der Waals surface area contributed by atoms with Crippen LogP contribution < -0.4 is 5.73 Å². The highest BCUT2D eigenvalue weighted by molar-refractivity contribution is 8.13. The number of hydrogen-bond donors (Lipinski definition) is 1. The van der Waals surface area contributed by atoms with Crippen LogP contribution in [0.1, 0.15) is 25.3 Å². The van der Waals surface area contributed by atoms with Gasteiger partial charge in [0.25, 0.3) is 0 Å². The lowest BCUT2D eigenvalue weighted by Crippen LogP contribution is -2.07. The molecule has 0 aromatic heterocycles. The van der Waals surface area contributed by atoms with Crippen molar-refractivity contribution in [3.63, 3.8) is 0 Å². The number of thioether (sulfide) groups is 1. The van der Waals surface area contributed by atoms with Gasteiger partial charge < -0.3 is 5.73 Å². The number of carbonyl (C=O) groups excluding carboxylic acids is 1. The highest BCUT2D eigenvalue weighted by Gasteiger charge is 2.16. The molecule has 0 saturated carbocycles. The number of nitrogens with two attached hydrogens (primary N) is 1. The maximum Gasteiger partial charge on any atom is 0.196 e. The van der Waals surface area contributed by atoms with E-state index in [0.29, 0.717) is 5.69 Å². The van der Waals surface area contributed by atoms with Gasteiger partial charge >= 0.3 is 0 Å². The van der Waals surface area contributed by atoms with Gasteiger partial charge in [-0.3, -0.25) is 4.79 Å². The molecule has 0 bridgehead atoms. The Morgan fingerprint density at radius 2 is 2.14 bits per heavy atom. The molecule has 0 fully saturated rings. The van der Waals surface area contributed by atoms with Gasteiger partial charge in [-0.05, 0) is 17.4 Å². The molecule has 3 heteroatoms. The van der Waals surface area contributed by atoms with Gasteiger partial charge in [0, 0.05) is 5.69 Å². The van der Waals surface area contributed by atoms with E-state index >= 15 is 0 Å². The molecule has 0 amide bonds. The maximum absolute atomic E-state index is 11.6. The molecular formula is C11H15NOS. The van der Waals surface area contributed by atoms with Crippen molar-refractivity contribution in [1.29, 1.82) is 0 Å². The van der Waals surface area contributed by atoms with Crippen molar-refractivity contribution >= 4 is 22.6 Å². The Morgan fingerprint density at radius 1 is 1.50 bits per heavy atom. The van der Waals surface area contributed by atoms with Gasteiger partial charge in [0.15, 0.2) is 5.12 Å². The third-order valence-corrected chi connectivity index (χ3v) is 3.03. The predicted molar refractivity (Wildman–Crippen MR) is 62.4 cm³/mol. The van der Waals surface area contributed by atoms with E-state index in [-0.39, 0.29) is 11.0 Å². The molecule has 0 aliphatic heterocycles. The topological polar surface area (TPSA) is 43.1 Å². The Morgan fingerprint density at radius 3 is 2.71 bits per heavy atom. The average molecular weight is 209 g/mol. The Hall–Kier alpha value is -0.960. The van der Waals surface area contributed by atoms with E-state index in [1.165, 1.54) is 11.8 Å². The Kier molecular flexibility index (Phi) is 4.01. The fourth-order valence-corrected chi connectivity index (χ4v) is 1.96. The molecule has 0 spiro atoms. The minimum absolute atomic E-state index is 0.110. The van der Waals surface area contributed by atoms with Crippen LogP contribution in [0.4, 0.5) is 5.69 Å². The fraction of sp³-hybridized carbons (Fsp3) is 0.364. The van der Waals surface area contributed by atoms with Gasteiger partial charge in [-0.1, -0.05) is 43.8 Å². The second-order valence-electron chi connectivity index (χ2n) is 3.10. The van der Waals surface area contributed by atoms with Crippen molar-refractivity contribution in [2.24, 2.45) is 0 Å². The third kappa shape index (κ3) is 2.51. The van der Waals surface area contributed by atoms with E-state index in [2.05, 4.69) is 0 Å². The highest BCUT2D eigenvalue weighted by Crippen LogP contribution is 2.26. The summed E-state index contributed by atoms with van der Waals surface area (Å²) in [5.74, 6) is 0.705. The molecule has 14 heavy (non-hydrogen) atoms. The van der Waals surface area contributed by atoms with Crippen molar-refractivity contribution in [3.05, 3.63) is 29.8 Å². The smallest absolute Gasteiger partial charge is 0.196 e. The number of nitrogen functional groups attached to an aromatic ring is 1. The Labute approximate surface area is 88.9 Å². The van der Waals surface area contributed by atoms with Crippen molar-refractivity contribution in [1.82, 2.24) is 0 Å². The number of carbonyl (C=O) groups is 1. The van der Waals surface area contributed by atoms with Crippen LogP contribution in [-0.4, -0.2) is 10.9 Å². The monoisotopic (exact) mass is 209 g/mol. The summed E-state index contributed by atoms with van der Waals surface area (Å²) in [6.45, 7) is 3.88. The van der Waals surface area contributed by atoms with Gasteiger partial charge in [0.1, 0.15) is 0 Å². The minimum atomic E-state index is -0.110. The van der Waals surface area contributed by atoms with E-state index in [4.69, 9.17) is 5.73 Å². The van der Waals surface area contributed by atoms with Crippen LogP contribution in [0.25, 0.3) is 0 Å². The first-order valence-electron chi connectivity index (χ1n) is 4.67. The van der Waals surface area contributed by atoms with Crippen LogP contribution >= 0.6 is 11.8 Å². The molecule has 76 valence electrons. The zero-order chi connectivity index (χ0) is 10.6. The van der Waals surface area contributed by atoms with E-state index < -0.39 is 0 Å².